The summed E-state index contributed by atoms with van der Waals surface area (Å²) in [5.74, 6) is -1.61. The van der Waals surface area contributed by atoms with Crippen LogP contribution < -0.4 is 10.6 Å². The number of anilines is 3. The maximum atomic E-state index is 12.5. The third-order valence-corrected chi connectivity index (χ3v) is 4.45. The van der Waals surface area contributed by atoms with Gasteiger partial charge in [-0.3, -0.25) is 4.79 Å². The zero-order chi connectivity index (χ0) is 22.7. The number of hydrogen-bond acceptors (Lipinski definition) is 6. The van der Waals surface area contributed by atoms with Crippen LogP contribution in [0.2, 0.25) is 0 Å². The largest absolute Gasteiger partial charge is 0.452 e. The number of carbonyl (C=O) groups excluding carboxylic acids is 1. The molecule has 0 aliphatic carbocycles. The number of benzene rings is 1. The molecule has 0 bridgehead atoms. The molecule has 1 aromatic carbocycles. The van der Waals surface area contributed by atoms with E-state index in [-0.39, 0.29) is 12.2 Å². The lowest BCUT2D eigenvalue weighted by Gasteiger charge is -2.06. The monoisotopic (exact) mass is 442 g/mol. The molecular weight excluding hydrogens is 425 g/mol. The number of halogens is 3. The first-order valence-electron chi connectivity index (χ1n) is 9.40. The number of nitrogens with one attached hydrogen (secondary N) is 2. The van der Waals surface area contributed by atoms with Crippen LogP contribution in [0.3, 0.4) is 0 Å². The van der Waals surface area contributed by atoms with Crippen molar-refractivity contribution < 1.29 is 22.5 Å². The summed E-state index contributed by atoms with van der Waals surface area (Å²) in [5.41, 5.74) is 3.20. The molecule has 3 aromatic heterocycles. The number of carbonyl (C=O) groups is 1. The summed E-state index contributed by atoms with van der Waals surface area (Å²) >= 11 is 0. The number of nitrogens with zero attached hydrogens (tertiary/aromatic N) is 4. The first-order chi connectivity index (χ1) is 15.3. The molecule has 0 unspecified atom stereocenters. The van der Waals surface area contributed by atoms with Crippen LogP contribution in [0.1, 0.15) is 11.3 Å². The molecule has 0 spiro atoms. The van der Waals surface area contributed by atoms with E-state index in [1.807, 2.05) is 42.2 Å². The summed E-state index contributed by atoms with van der Waals surface area (Å²) < 4.78 is 43.7. The second-order valence-electron chi connectivity index (χ2n) is 6.98. The summed E-state index contributed by atoms with van der Waals surface area (Å²) in [4.78, 5) is 20.7. The minimum absolute atomic E-state index is 0.0368. The Morgan fingerprint density at radius 2 is 1.81 bits per heavy atom. The van der Waals surface area contributed by atoms with Crippen LogP contribution >= 0.6 is 0 Å². The number of amides is 1. The Bertz CT molecular complexity index is 1210. The summed E-state index contributed by atoms with van der Waals surface area (Å²) in [5, 5.41) is 8.59. The highest BCUT2D eigenvalue weighted by atomic mass is 19.4. The maximum Gasteiger partial charge on any atom is 0.452 e. The Kier molecular flexibility index (Phi) is 5.63. The van der Waals surface area contributed by atoms with Gasteiger partial charge in [-0.25, -0.2) is 9.97 Å². The van der Waals surface area contributed by atoms with Crippen molar-refractivity contribution in [2.45, 2.75) is 12.6 Å². The second-order valence-corrected chi connectivity index (χ2v) is 6.98. The molecule has 2 N–H and O–H groups in total. The lowest BCUT2D eigenvalue weighted by molar-refractivity contribution is -0.155. The molecule has 164 valence electrons. The lowest BCUT2D eigenvalue weighted by Crippen LogP contribution is -2.14. The van der Waals surface area contributed by atoms with Gasteiger partial charge in [0.15, 0.2) is 5.82 Å². The van der Waals surface area contributed by atoms with E-state index in [1.54, 1.807) is 24.5 Å². The van der Waals surface area contributed by atoms with Crippen molar-refractivity contribution in [3.05, 3.63) is 72.5 Å². The fourth-order valence-electron chi connectivity index (χ4n) is 2.90. The van der Waals surface area contributed by atoms with Crippen molar-refractivity contribution in [3.63, 3.8) is 0 Å². The number of hydrogen-bond donors (Lipinski definition) is 2. The number of aryl methyl sites for hydroxylation is 1. The highest BCUT2D eigenvalue weighted by Crippen LogP contribution is 2.30. The zero-order valence-electron chi connectivity index (χ0n) is 16.7. The standard InChI is InChI=1S/C21H17F3N6O2/c1-30-7-6-16(12-30)27-20-25-10-15(11-26-20)14-4-2-13(3-5-14)8-19(31)28-18-9-17(32-29-18)21(22,23)24/h2-7,9-12H,8H2,1H3,(H,25,26,27)(H,28,29,31). The highest BCUT2D eigenvalue weighted by Gasteiger charge is 2.36. The van der Waals surface area contributed by atoms with E-state index in [2.05, 4.69) is 30.3 Å². The van der Waals surface area contributed by atoms with Gasteiger partial charge in [-0.15, -0.1) is 0 Å². The van der Waals surface area contributed by atoms with Gasteiger partial charge in [0.2, 0.25) is 17.6 Å². The topological polar surface area (TPSA) is 97.9 Å². The van der Waals surface area contributed by atoms with Crippen LogP contribution in [0.25, 0.3) is 11.1 Å². The van der Waals surface area contributed by atoms with Gasteiger partial charge in [0.1, 0.15) is 0 Å². The number of rotatable bonds is 6. The van der Waals surface area contributed by atoms with Gasteiger partial charge in [0, 0.05) is 43.5 Å². The Morgan fingerprint density at radius 1 is 1.09 bits per heavy atom. The molecule has 4 rings (SSSR count). The average molecular weight is 442 g/mol. The Hall–Kier alpha value is -4.15. The van der Waals surface area contributed by atoms with Gasteiger partial charge in [0.05, 0.1) is 12.1 Å². The molecule has 32 heavy (non-hydrogen) atoms. The van der Waals surface area contributed by atoms with E-state index in [9.17, 15) is 18.0 Å². The van der Waals surface area contributed by atoms with Crippen molar-refractivity contribution in [1.82, 2.24) is 19.7 Å². The molecule has 1 amide bonds. The van der Waals surface area contributed by atoms with Gasteiger partial charge in [-0.1, -0.05) is 29.4 Å². The van der Waals surface area contributed by atoms with Crippen molar-refractivity contribution in [2.24, 2.45) is 7.05 Å². The van der Waals surface area contributed by atoms with Crippen LogP contribution in [0, 0.1) is 0 Å². The van der Waals surface area contributed by atoms with Gasteiger partial charge in [-0.05, 0) is 17.2 Å². The molecule has 11 heteroatoms. The molecule has 8 nitrogen and oxygen atoms in total. The molecular formula is C21H17F3N6O2. The van der Waals surface area contributed by atoms with E-state index < -0.39 is 17.8 Å². The number of alkyl halides is 3. The van der Waals surface area contributed by atoms with Gasteiger partial charge < -0.3 is 19.7 Å². The molecule has 3 heterocycles. The van der Waals surface area contributed by atoms with E-state index in [0.717, 1.165) is 16.8 Å². The van der Waals surface area contributed by atoms with Gasteiger partial charge in [-0.2, -0.15) is 13.2 Å². The van der Waals surface area contributed by atoms with Crippen LogP contribution in [0.4, 0.5) is 30.6 Å². The molecule has 0 fully saturated rings. The van der Waals surface area contributed by atoms with Crippen LogP contribution in [0.15, 0.2) is 65.7 Å². The quantitative estimate of drug-likeness (QED) is 0.459. The molecule has 0 aliphatic rings. The van der Waals surface area contributed by atoms with E-state index in [0.29, 0.717) is 17.6 Å². The van der Waals surface area contributed by atoms with Crippen LogP contribution in [0.5, 0.6) is 0 Å². The van der Waals surface area contributed by atoms with Gasteiger partial charge in [0.25, 0.3) is 0 Å². The Balaban J connectivity index is 1.35. The van der Waals surface area contributed by atoms with Crippen molar-refractivity contribution in [1.29, 1.82) is 0 Å². The van der Waals surface area contributed by atoms with E-state index in [1.165, 1.54) is 0 Å². The molecule has 0 saturated carbocycles. The Labute approximate surface area is 180 Å². The van der Waals surface area contributed by atoms with Crippen molar-refractivity contribution in [3.8, 4) is 11.1 Å². The summed E-state index contributed by atoms with van der Waals surface area (Å²) in [7, 11) is 1.92. The normalized spacial score (nSPS) is 11.4. The van der Waals surface area contributed by atoms with Crippen molar-refractivity contribution in [2.75, 3.05) is 10.6 Å². The summed E-state index contributed by atoms with van der Waals surface area (Å²) in [6.07, 6.45) is 2.48. The smallest absolute Gasteiger partial charge is 0.355 e. The zero-order valence-corrected chi connectivity index (χ0v) is 16.7. The summed E-state index contributed by atoms with van der Waals surface area (Å²) in [6, 6.07) is 9.65. The van der Waals surface area contributed by atoms with Crippen LogP contribution in [-0.2, 0) is 24.4 Å². The molecule has 0 aliphatic heterocycles. The van der Waals surface area contributed by atoms with Crippen LogP contribution in [-0.4, -0.2) is 25.6 Å². The Morgan fingerprint density at radius 3 is 2.41 bits per heavy atom. The third-order valence-electron chi connectivity index (χ3n) is 4.45. The lowest BCUT2D eigenvalue weighted by atomic mass is 10.1. The highest BCUT2D eigenvalue weighted by molar-refractivity contribution is 5.91. The van der Waals surface area contributed by atoms with E-state index >= 15 is 0 Å². The predicted molar refractivity (Wildman–Crippen MR) is 110 cm³/mol. The minimum atomic E-state index is -4.66. The minimum Gasteiger partial charge on any atom is -0.355 e. The van der Waals surface area contributed by atoms with Crippen molar-refractivity contribution >= 4 is 23.4 Å². The predicted octanol–water partition coefficient (Wildman–Crippen LogP) is 4.41. The van der Waals surface area contributed by atoms with Gasteiger partial charge >= 0.3 is 6.18 Å². The number of aromatic nitrogens is 4. The molecule has 0 atom stereocenters. The SMILES string of the molecule is Cn1ccc(Nc2ncc(-c3ccc(CC(=O)Nc4cc(C(F)(F)F)on4)cc3)cn2)c1. The maximum absolute atomic E-state index is 12.5. The fourth-order valence-corrected chi connectivity index (χ4v) is 2.90. The third kappa shape index (κ3) is 5.12. The first kappa shape index (κ1) is 21.1. The summed E-state index contributed by atoms with van der Waals surface area (Å²) in [6.45, 7) is 0. The molecule has 0 radical (unpaired) electrons. The molecule has 4 aromatic rings. The van der Waals surface area contributed by atoms with E-state index in [4.69, 9.17) is 0 Å². The molecule has 0 saturated heterocycles. The second kappa shape index (κ2) is 8.53. The fraction of sp³-hybridized carbons (Fsp3) is 0.143. The average Bonchev–Trinajstić information content (AvgIpc) is 3.38. The first-order valence-corrected chi connectivity index (χ1v) is 9.40.